The van der Waals surface area contributed by atoms with E-state index in [9.17, 15) is 15.0 Å². The van der Waals surface area contributed by atoms with Crippen LogP contribution in [0.3, 0.4) is 0 Å². The zero-order valence-corrected chi connectivity index (χ0v) is 15.5. The van der Waals surface area contributed by atoms with Crippen LogP contribution in [0.5, 0.6) is 11.5 Å². The summed E-state index contributed by atoms with van der Waals surface area (Å²) in [5, 5.41) is 24.5. The molecular formula is C19H30N2O3. The number of aromatic hydroxyl groups is 2. The van der Waals surface area contributed by atoms with Crippen molar-refractivity contribution in [3.05, 3.63) is 21.6 Å². The molecule has 0 bridgehead atoms. The third-order valence-corrected chi connectivity index (χ3v) is 4.53. The molecule has 0 atom stereocenters. The van der Waals surface area contributed by atoms with E-state index in [1.54, 1.807) is 18.9 Å². The number of hydrogen-bond acceptors (Lipinski definition) is 4. The topological polar surface area (TPSA) is 72.8 Å². The Bertz CT molecular complexity index is 711. The summed E-state index contributed by atoms with van der Waals surface area (Å²) in [6, 6.07) is 0. The van der Waals surface area contributed by atoms with Crippen LogP contribution in [-0.4, -0.2) is 48.2 Å². The Kier molecular flexibility index (Phi) is 6.43. The van der Waals surface area contributed by atoms with Crippen molar-refractivity contribution in [1.29, 1.82) is 0 Å². The summed E-state index contributed by atoms with van der Waals surface area (Å²) in [7, 11) is 3.65. The second kappa shape index (κ2) is 7.71. The highest BCUT2D eigenvalue weighted by Crippen LogP contribution is 2.31. The highest BCUT2D eigenvalue weighted by atomic mass is 16.3. The number of nitrogens with zero attached hydrogens (tertiary/aromatic N) is 1. The van der Waals surface area contributed by atoms with Gasteiger partial charge in [0.05, 0.1) is 0 Å². The van der Waals surface area contributed by atoms with Crippen LogP contribution in [0.15, 0.2) is 0 Å². The summed E-state index contributed by atoms with van der Waals surface area (Å²) in [4.78, 5) is 14.2. The van der Waals surface area contributed by atoms with Crippen molar-refractivity contribution in [2.24, 2.45) is 0 Å². The Balaban J connectivity index is 3.12. The smallest absolute Gasteiger partial charge is 0.223 e. The minimum Gasteiger partial charge on any atom is -0.507 e. The summed E-state index contributed by atoms with van der Waals surface area (Å²) in [5.41, 5.74) is 0.313. The number of carbonyl (C=O) groups is 1. The molecular weight excluding hydrogens is 304 g/mol. The monoisotopic (exact) mass is 334 g/mol. The van der Waals surface area contributed by atoms with E-state index >= 15 is 0 Å². The zero-order chi connectivity index (χ0) is 18.7. The lowest BCUT2D eigenvalue weighted by Gasteiger charge is -2.29. The van der Waals surface area contributed by atoms with Gasteiger partial charge in [-0.1, -0.05) is 27.0 Å². The van der Waals surface area contributed by atoms with Crippen LogP contribution < -0.4 is 15.8 Å². The van der Waals surface area contributed by atoms with E-state index in [4.69, 9.17) is 0 Å². The van der Waals surface area contributed by atoms with E-state index in [-0.39, 0.29) is 23.8 Å². The van der Waals surface area contributed by atoms with Gasteiger partial charge in [-0.2, -0.15) is 0 Å². The van der Waals surface area contributed by atoms with Crippen LogP contribution in [0.25, 0.3) is 13.2 Å². The Labute approximate surface area is 144 Å². The summed E-state index contributed by atoms with van der Waals surface area (Å²) >= 11 is 0. The first kappa shape index (κ1) is 20.0. The maximum Gasteiger partial charge on any atom is 0.223 e. The molecule has 0 aliphatic heterocycles. The highest BCUT2D eigenvalue weighted by Gasteiger charge is 2.31. The predicted molar refractivity (Wildman–Crippen MR) is 98.6 cm³/mol. The van der Waals surface area contributed by atoms with Gasteiger partial charge in [-0.15, -0.1) is 0 Å². The fraction of sp³-hybridized carbons (Fsp3) is 0.526. The Hall–Kier alpha value is -2.01. The number of benzene rings is 1. The van der Waals surface area contributed by atoms with Gasteiger partial charge >= 0.3 is 0 Å². The Morgan fingerprint density at radius 3 is 2.33 bits per heavy atom. The second-order valence-corrected chi connectivity index (χ2v) is 6.99. The molecule has 0 heterocycles. The molecule has 1 rings (SSSR count). The quantitative estimate of drug-likeness (QED) is 0.513. The first-order valence-electron chi connectivity index (χ1n) is 8.16. The Morgan fingerprint density at radius 2 is 1.79 bits per heavy atom. The summed E-state index contributed by atoms with van der Waals surface area (Å²) in [6.45, 7) is 14.6. The van der Waals surface area contributed by atoms with Gasteiger partial charge in [-0.05, 0) is 26.9 Å². The van der Waals surface area contributed by atoms with Crippen LogP contribution in [-0.2, 0) is 10.2 Å². The SMILES string of the molecule is C=c1c(C)c(O)c(=C)c(C(C)(C)CC(=O)N(C)CCCNC)c1O. The second-order valence-electron chi connectivity index (χ2n) is 6.99. The van der Waals surface area contributed by atoms with Gasteiger partial charge in [0, 0.05) is 47.0 Å². The lowest BCUT2D eigenvalue weighted by molar-refractivity contribution is -0.131. The average molecular weight is 334 g/mol. The average Bonchev–Trinajstić information content (AvgIpc) is 2.50. The number of amides is 1. The third kappa shape index (κ3) is 4.09. The van der Waals surface area contributed by atoms with E-state index in [1.807, 2.05) is 20.9 Å². The van der Waals surface area contributed by atoms with E-state index in [0.717, 1.165) is 13.0 Å². The van der Waals surface area contributed by atoms with Crippen molar-refractivity contribution in [3.63, 3.8) is 0 Å². The molecule has 1 aromatic rings. The minimum absolute atomic E-state index is 0.00550. The number of phenolic OH excluding ortho intramolecular Hbond substituents is 2. The molecule has 0 saturated heterocycles. The van der Waals surface area contributed by atoms with Crippen molar-refractivity contribution < 1.29 is 15.0 Å². The highest BCUT2D eigenvalue weighted by molar-refractivity contribution is 5.77. The molecule has 0 fully saturated rings. The molecule has 1 aromatic carbocycles. The fourth-order valence-corrected chi connectivity index (χ4v) is 2.91. The standard InChI is InChI=1S/C19H30N2O3/c1-12-13(2)18(24)16(14(3)17(12)23)19(4,5)11-15(22)21(7)10-8-9-20-6/h20,23-24H,2-3,8-11H2,1,4-7H3. The Morgan fingerprint density at radius 1 is 1.21 bits per heavy atom. The maximum atomic E-state index is 12.5. The zero-order valence-electron chi connectivity index (χ0n) is 15.5. The molecule has 0 spiro atoms. The van der Waals surface area contributed by atoms with Crippen molar-refractivity contribution in [3.8, 4) is 11.5 Å². The molecule has 0 aliphatic rings. The van der Waals surface area contributed by atoms with Gasteiger partial charge in [-0.3, -0.25) is 4.79 Å². The van der Waals surface area contributed by atoms with Crippen LogP contribution in [0, 0.1) is 6.92 Å². The molecule has 24 heavy (non-hydrogen) atoms. The van der Waals surface area contributed by atoms with E-state index in [1.165, 1.54) is 0 Å². The van der Waals surface area contributed by atoms with Gasteiger partial charge in [0.15, 0.2) is 0 Å². The number of hydrogen-bond donors (Lipinski definition) is 3. The molecule has 0 saturated carbocycles. The van der Waals surface area contributed by atoms with Gasteiger partial charge in [0.25, 0.3) is 0 Å². The summed E-state index contributed by atoms with van der Waals surface area (Å²) in [5.74, 6) is 0.0159. The molecule has 0 aromatic heterocycles. The molecule has 0 aliphatic carbocycles. The molecule has 0 unspecified atom stereocenters. The largest absolute Gasteiger partial charge is 0.507 e. The van der Waals surface area contributed by atoms with E-state index in [2.05, 4.69) is 18.5 Å². The minimum atomic E-state index is -0.673. The van der Waals surface area contributed by atoms with Crippen LogP contribution in [0.2, 0.25) is 0 Å². The summed E-state index contributed by atoms with van der Waals surface area (Å²) < 4.78 is 0. The summed E-state index contributed by atoms with van der Waals surface area (Å²) in [6.07, 6.45) is 1.08. The van der Waals surface area contributed by atoms with Gasteiger partial charge in [0.2, 0.25) is 5.91 Å². The van der Waals surface area contributed by atoms with Crippen LogP contribution >= 0.6 is 0 Å². The first-order chi connectivity index (χ1) is 11.0. The molecule has 1 amide bonds. The first-order valence-corrected chi connectivity index (χ1v) is 8.16. The lowest BCUT2D eigenvalue weighted by Crippen LogP contribution is -2.37. The van der Waals surface area contributed by atoms with Gasteiger partial charge < -0.3 is 20.4 Å². The predicted octanol–water partition coefficient (Wildman–Crippen LogP) is 0.962. The maximum absolute atomic E-state index is 12.5. The number of phenols is 2. The van der Waals surface area contributed by atoms with Gasteiger partial charge in [-0.25, -0.2) is 0 Å². The van der Waals surface area contributed by atoms with E-state index < -0.39 is 5.41 Å². The van der Waals surface area contributed by atoms with Gasteiger partial charge in [0.1, 0.15) is 11.5 Å². The van der Waals surface area contributed by atoms with Crippen LogP contribution in [0.1, 0.15) is 37.8 Å². The molecule has 134 valence electrons. The normalized spacial score (nSPS) is 11.5. The van der Waals surface area contributed by atoms with Crippen molar-refractivity contribution in [2.75, 3.05) is 27.2 Å². The molecule has 0 radical (unpaired) electrons. The molecule has 5 heteroatoms. The third-order valence-electron chi connectivity index (χ3n) is 4.53. The lowest BCUT2D eigenvalue weighted by atomic mass is 9.78. The number of carbonyl (C=O) groups excluding carboxylic acids is 1. The number of rotatable bonds is 7. The molecule has 5 nitrogen and oxygen atoms in total. The van der Waals surface area contributed by atoms with Crippen molar-refractivity contribution in [2.45, 2.75) is 39.0 Å². The number of nitrogens with one attached hydrogen (secondary N) is 1. The van der Waals surface area contributed by atoms with Crippen molar-refractivity contribution >= 4 is 19.1 Å². The van der Waals surface area contributed by atoms with Crippen molar-refractivity contribution in [1.82, 2.24) is 10.2 Å². The van der Waals surface area contributed by atoms with Crippen LogP contribution in [0.4, 0.5) is 0 Å². The molecule has 3 N–H and O–H groups in total. The van der Waals surface area contributed by atoms with E-state index in [0.29, 0.717) is 28.1 Å². The fourth-order valence-electron chi connectivity index (χ4n) is 2.91.